The van der Waals surface area contributed by atoms with E-state index < -0.39 is 0 Å². The first-order chi connectivity index (χ1) is 21.8. The number of fused-ring (bicyclic) bond motifs is 3. The molecule has 1 aliphatic carbocycles. The Kier molecular flexibility index (Phi) is 6.90. The lowest BCUT2D eigenvalue weighted by atomic mass is 9.99. The van der Waals surface area contributed by atoms with Crippen molar-refractivity contribution in [3.8, 4) is 22.3 Å². The lowest BCUT2D eigenvalue weighted by Crippen LogP contribution is -2.10. The molecule has 0 fully saturated rings. The van der Waals surface area contributed by atoms with E-state index in [0.29, 0.717) is 0 Å². The maximum Gasteiger partial charge on any atom is 0.0462 e. The van der Waals surface area contributed by atoms with Gasteiger partial charge in [0.25, 0.3) is 0 Å². The minimum atomic E-state index is 1.11. The van der Waals surface area contributed by atoms with Crippen LogP contribution in [0.3, 0.4) is 0 Å². The fourth-order valence-corrected chi connectivity index (χ4v) is 7.31. The van der Waals surface area contributed by atoms with Gasteiger partial charge in [-0.3, -0.25) is 0 Å². The predicted octanol–water partition coefficient (Wildman–Crippen LogP) is 12.6. The molecule has 0 spiro atoms. The lowest BCUT2D eigenvalue weighted by Gasteiger charge is -2.26. The molecule has 6 aromatic carbocycles. The topological polar surface area (TPSA) is 3.24 Å². The second-order valence-corrected chi connectivity index (χ2v) is 12.4. The van der Waals surface area contributed by atoms with E-state index in [4.69, 9.17) is 0 Å². The molecule has 0 aliphatic heterocycles. The third kappa shape index (κ3) is 5.04. The molecular formula is C42H31NS. The van der Waals surface area contributed by atoms with Gasteiger partial charge < -0.3 is 4.90 Å². The highest BCUT2D eigenvalue weighted by Gasteiger charge is 2.14. The van der Waals surface area contributed by atoms with Gasteiger partial charge in [0, 0.05) is 37.2 Å². The maximum absolute atomic E-state index is 2.35. The van der Waals surface area contributed by atoms with Crippen LogP contribution in [0.1, 0.15) is 18.4 Å². The van der Waals surface area contributed by atoms with E-state index in [2.05, 4.69) is 169 Å². The van der Waals surface area contributed by atoms with Crippen molar-refractivity contribution in [2.24, 2.45) is 0 Å². The van der Waals surface area contributed by atoms with Crippen molar-refractivity contribution in [2.75, 3.05) is 4.90 Å². The molecule has 0 atom stereocenters. The highest BCUT2D eigenvalue weighted by Crippen LogP contribution is 2.39. The molecule has 1 heterocycles. The second-order valence-electron chi connectivity index (χ2n) is 11.3. The van der Waals surface area contributed by atoms with E-state index in [1.54, 1.807) is 0 Å². The van der Waals surface area contributed by atoms with Gasteiger partial charge in [0.15, 0.2) is 0 Å². The molecule has 0 saturated carbocycles. The highest BCUT2D eigenvalue weighted by atomic mass is 32.1. The Bertz CT molecular complexity index is 2130. The van der Waals surface area contributed by atoms with Crippen LogP contribution in [-0.2, 0) is 0 Å². The highest BCUT2D eigenvalue weighted by molar-refractivity contribution is 7.25. The number of hydrogen-bond donors (Lipinski definition) is 0. The molecule has 0 amide bonds. The van der Waals surface area contributed by atoms with Crippen LogP contribution in [0, 0.1) is 0 Å². The molecule has 0 radical (unpaired) electrons. The minimum absolute atomic E-state index is 1.11. The van der Waals surface area contributed by atoms with Gasteiger partial charge in [-0.1, -0.05) is 109 Å². The number of benzene rings is 6. The number of nitrogens with zero attached hydrogens (tertiary/aromatic N) is 1. The predicted molar refractivity (Wildman–Crippen MR) is 191 cm³/mol. The average molecular weight is 582 g/mol. The van der Waals surface area contributed by atoms with Gasteiger partial charge in [-0.2, -0.15) is 0 Å². The summed E-state index contributed by atoms with van der Waals surface area (Å²) < 4.78 is 2.67. The molecule has 210 valence electrons. The largest absolute Gasteiger partial charge is 0.311 e. The van der Waals surface area contributed by atoms with E-state index in [-0.39, 0.29) is 0 Å². The molecule has 2 heteroatoms. The number of hydrogen-bond acceptors (Lipinski definition) is 2. The van der Waals surface area contributed by atoms with Gasteiger partial charge in [0.05, 0.1) is 0 Å². The lowest BCUT2D eigenvalue weighted by molar-refractivity contribution is 1.04. The molecule has 7 aromatic rings. The van der Waals surface area contributed by atoms with Crippen LogP contribution in [0.2, 0.25) is 0 Å². The summed E-state index contributed by atoms with van der Waals surface area (Å²) in [6.45, 7) is 0. The first-order valence-corrected chi connectivity index (χ1v) is 16.1. The normalized spacial score (nSPS) is 12.9. The zero-order chi connectivity index (χ0) is 29.3. The van der Waals surface area contributed by atoms with E-state index in [1.165, 1.54) is 53.6 Å². The van der Waals surface area contributed by atoms with Crippen LogP contribution >= 0.6 is 11.3 Å². The smallest absolute Gasteiger partial charge is 0.0462 e. The summed E-state index contributed by atoms with van der Waals surface area (Å²) >= 11 is 1.86. The minimum Gasteiger partial charge on any atom is -0.311 e. The van der Waals surface area contributed by atoms with Gasteiger partial charge in [0.1, 0.15) is 0 Å². The van der Waals surface area contributed by atoms with Crippen molar-refractivity contribution in [3.05, 3.63) is 169 Å². The van der Waals surface area contributed by atoms with Crippen LogP contribution in [0.4, 0.5) is 17.1 Å². The summed E-state index contributed by atoms with van der Waals surface area (Å²) in [7, 11) is 0. The van der Waals surface area contributed by atoms with Gasteiger partial charge in [0.2, 0.25) is 0 Å². The van der Waals surface area contributed by atoms with E-state index in [0.717, 1.165) is 29.9 Å². The summed E-state index contributed by atoms with van der Waals surface area (Å²) in [5.74, 6) is 0. The number of thiophene rings is 1. The SMILES string of the molecule is C1=CC(c2ccc(N(c3ccc(-c4ccccc4)cc3)c3ccc(-c4ccc5sc6ccccc6c5c4)cc3)cc2)=CCC1. The Morgan fingerprint density at radius 3 is 1.64 bits per heavy atom. The Morgan fingerprint density at radius 1 is 0.432 bits per heavy atom. The third-order valence-corrected chi connectivity index (χ3v) is 9.67. The summed E-state index contributed by atoms with van der Waals surface area (Å²) in [5, 5.41) is 2.66. The van der Waals surface area contributed by atoms with E-state index in [1.807, 2.05) is 11.3 Å². The van der Waals surface area contributed by atoms with Crippen molar-refractivity contribution in [1.82, 2.24) is 0 Å². The zero-order valence-corrected chi connectivity index (χ0v) is 25.2. The van der Waals surface area contributed by atoms with Crippen LogP contribution in [0.5, 0.6) is 0 Å². The van der Waals surface area contributed by atoms with Crippen molar-refractivity contribution in [1.29, 1.82) is 0 Å². The Labute approximate surface area is 262 Å². The molecule has 0 N–H and O–H groups in total. The third-order valence-electron chi connectivity index (χ3n) is 8.52. The molecule has 1 aliphatic rings. The van der Waals surface area contributed by atoms with E-state index >= 15 is 0 Å². The Morgan fingerprint density at radius 2 is 0.977 bits per heavy atom. The number of rotatable bonds is 6. The fraction of sp³-hybridized carbons (Fsp3) is 0.0476. The second kappa shape index (κ2) is 11.5. The fourth-order valence-electron chi connectivity index (χ4n) is 6.22. The van der Waals surface area contributed by atoms with Crippen molar-refractivity contribution in [3.63, 3.8) is 0 Å². The molecular weight excluding hydrogens is 551 g/mol. The molecule has 0 unspecified atom stereocenters. The molecule has 1 aromatic heterocycles. The molecule has 0 saturated heterocycles. The summed E-state index contributed by atoms with van der Waals surface area (Å²) in [6.07, 6.45) is 9.08. The van der Waals surface area contributed by atoms with Gasteiger partial charge in [-0.25, -0.2) is 0 Å². The average Bonchev–Trinajstić information content (AvgIpc) is 3.48. The van der Waals surface area contributed by atoms with E-state index in [9.17, 15) is 0 Å². The molecule has 1 nitrogen and oxygen atoms in total. The van der Waals surface area contributed by atoms with Crippen LogP contribution in [0.15, 0.2) is 164 Å². The van der Waals surface area contributed by atoms with Gasteiger partial charge in [-0.05, 0) is 101 Å². The van der Waals surface area contributed by atoms with Crippen LogP contribution in [-0.4, -0.2) is 0 Å². The van der Waals surface area contributed by atoms with Gasteiger partial charge in [-0.15, -0.1) is 11.3 Å². The number of anilines is 3. The molecule has 8 rings (SSSR count). The first kappa shape index (κ1) is 26.4. The summed E-state index contributed by atoms with van der Waals surface area (Å²) in [6, 6.07) is 53.0. The van der Waals surface area contributed by atoms with Crippen molar-refractivity contribution < 1.29 is 0 Å². The maximum atomic E-state index is 2.35. The standard InChI is InChI=1S/C42H31NS/c1-3-9-30(10-4-1)32-15-22-36(23-16-32)43(37-24-17-33(18-25-37)31-11-5-2-6-12-31)38-26-19-34(20-27-38)35-21-28-42-40(29-35)39-13-7-8-14-41(39)44-42/h1,3-5,7-29H,2,6H2. The van der Waals surface area contributed by atoms with Crippen molar-refractivity contribution in [2.45, 2.75) is 12.8 Å². The van der Waals surface area contributed by atoms with Gasteiger partial charge >= 0.3 is 0 Å². The zero-order valence-electron chi connectivity index (χ0n) is 24.4. The summed E-state index contributed by atoms with van der Waals surface area (Å²) in [4.78, 5) is 2.35. The Hall–Kier alpha value is -5.18. The monoisotopic (exact) mass is 581 g/mol. The van der Waals surface area contributed by atoms with Crippen molar-refractivity contribution >= 4 is 54.1 Å². The number of allylic oxidation sites excluding steroid dienone is 4. The Balaban J connectivity index is 1.16. The molecule has 44 heavy (non-hydrogen) atoms. The van der Waals surface area contributed by atoms with Crippen LogP contribution < -0.4 is 4.90 Å². The quantitative estimate of drug-likeness (QED) is 0.189. The first-order valence-electron chi connectivity index (χ1n) is 15.2. The summed E-state index contributed by atoms with van der Waals surface area (Å²) in [5.41, 5.74) is 10.9. The van der Waals surface area contributed by atoms with Crippen LogP contribution in [0.25, 0.3) is 48.0 Å². The molecule has 0 bridgehead atoms.